The van der Waals surface area contributed by atoms with Gasteiger partial charge in [0, 0.05) is 0 Å². The van der Waals surface area contributed by atoms with E-state index >= 15 is 0 Å². The first kappa shape index (κ1) is 36.5. The minimum absolute atomic E-state index is 0.462. The molecule has 0 saturated heterocycles. The van der Waals surface area contributed by atoms with E-state index in [-0.39, 0.29) is 0 Å². The van der Waals surface area contributed by atoms with Crippen LogP contribution >= 0.6 is 0 Å². The van der Waals surface area contributed by atoms with E-state index in [1.54, 1.807) is 0 Å². The molecule has 0 N–H and O–H groups in total. The average molecular weight is 755 g/mol. The zero-order valence-corrected chi connectivity index (χ0v) is 32.1. The molecular formula is C42H62N2O2Te. The molecule has 0 bridgehead atoms. The van der Waals surface area contributed by atoms with Gasteiger partial charge in [-0.05, 0) is 0 Å². The topological polar surface area (TPSA) is 52.1 Å². The molecule has 3 aromatic heterocycles. The van der Waals surface area contributed by atoms with Crippen LogP contribution in [0.1, 0.15) is 180 Å². The Balaban J connectivity index is 1.03. The Hall–Kier alpha value is -1.83. The summed E-state index contributed by atoms with van der Waals surface area (Å²) in [5.74, 6) is 1.81. The Labute approximate surface area is 294 Å². The fourth-order valence-electron chi connectivity index (χ4n) is 7.16. The van der Waals surface area contributed by atoms with Crippen LogP contribution in [0.2, 0.25) is 0 Å². The van der Waals surface area contributed by atoms with Crippen molar-refractivity contribution in [1.29, 1.82) is 0 Å². The standard InChI is InChI=1S/C42H62N2O2Te/c1-3-5-7-9-11-13-15-17-19-21-23-25-27-41-43-35-31-39-33(29-37(35)45-41)34-30-38-36(32-40(34)47-39)44-42(46-38)28-26-24-22-20-18-16-14-12-10-8-6-4-2/h29-32H,3-28H2,1-2H3. The van der Waals surface area contributed by atoms with Crippen LogP contribution in [0.4, 0.5) is 0 Å². The molecule has 5 aromatic rings. The van der Waals surface area contributed by atoms with Crippen LogP contribution in [0, 0.1) is 0 Å². The quantitative estimate of drug-likeness (QED) is 0.0417. The number of rotatable bonds is 26. The normalized spacial score (nSPS) is 12.1. The van der Waals surface area contributed by atoms with Crippen LogP contribution in [0.25, 0.3) is 39.8 Å². The molecule has 0 unspecified atom stereocenters. The maximum atomic E-state index is 6.28. The summed E-state index contributed by atoms with van der Waals surface area (Å²) in [7, 11) is 0. The molecule has 0 fully saturated rings. The van der Waals surface area contributed by atoms with E-state index in [9.17, 15) is 0 Å². The molecule has 0 amide bonds. The van der Waals surface area contributed by atoms with Gasteiger partial charge in [-0.25, -0.2) is 0 Å². The fourth-order valence-corrected chi connectivity index (χ4v) is 10.4. The monoisotopic (exact) mass is 756 g/mol. The van der Waals surface area contributed by atoms with Crippen LogP contribution in [0.3, 0.4) is 0 Å². The third-order valence-corrected chi connectivity index (χ3v) is 13.2. The van der Waals surface area contributed by atoms with Crippen molar-refractivity contribution < 1.29 is 8.83 Å². The van der Waals surface area contributed by atoms with Crippen LogP contribution in [-0.4, -0.2) is 30.4 Å². The van der Waals surface area contributed by atoms with E-state index in [4.69, 9.17) is 18.8 Å². The van der Waals surface area contributed by atoms with Crippen molar-refractivity contribution in [1.82, 2.24) is 9.97 Å². The van der Waals surface area contributed by atoms with E-state index in [1.165, 1.54) is 172 Å². The van der Waals surface area contributed by atoms with Gasteiger partial charge in [0.05, 0.1) is 0 Å². The Kier molecular flexibility index (Phi) is 16.0. The Bertz CT molecular complexity index is 1480. The number of aryl methyl sites for hydroxylation is 2. The molecule has 0 aliphatic rings. The first-order valence-electron chi connectivity index (χ1n) is 19.8. The first-order chi connectivity index (χ1) is 23.2. The Morgan fingerprint density at radius 1 is 0.426 bits per heavy atom. The molecule has 5 rings (SSSR count). The average Bonchev–Trinajstić information content (AvgIpc) is 3.77. The molecule has 0 aliphatic carbocycles. The van der Waals surface area contributed by atoms with E-state index < -0.39 is 20.4 Å². The van der Waals surface area contributed by atoms with Gasteiger partial charge >= 0.3 is 205 Å². The Morgan fingerprint density at radius 3 is 1.09 bits per heavy atom. The van der Waals surface area contributed by atoms with Crippen molar-refractivity contribution in [3.63, 3.8) is 0 Å². The molecule has 258 valence electrons. The number of oxazole rings is 2. The summed E-state index contributed by atoms with van der Waals surface area (Å²) in [5, 5.41) is 2.65. The summed E-state index contributed by atoms with van der Waals surface area (Å²) in [4.78, 5) is 9.79. The van der Waals surface area contributed by atoms with E-state index in [0.29, 0.717) is 0 Å². The van der Waals surface area contributed by atoms with Gasteiger partial charge in [0.25, 0.3) is 0 Å². The van der Waals surface area contributed by atoms with Crippen molar-refractivity contribution >= 4 is 60.2 Å². The molecule has 4 nitrogen and oxygen atoms in total. The van der Waals surface area contributed by atoms with E-state index in [1.807, 2.05) is 0 Å². The summed E-state index contributed by atoms with van der Waals surface area (Å²) in [5.41, 5.74) is 3.93. The molecular weight excluding hydrogens is 692 g/mol. The minimum atomic E-state index is -0.462. The van der Waals surface area contributed by atoms with Gasteiger partial charge in [0.15, 0.2) is 0 Å². The van der Waals surface area contributed by atoms with Crippen molar-refractivity contribution in [2.24, 2.45) is 0 Å². The molecule has 0 radical (unpaired) electrons. The summed E-state index contributed by atoms with van der Waals surface area (Å²) < 4.78 is 15.5. The van der Waals surface area contributed by atoms with Gasteiger partial charge in [0.2, 0.25) is 0 Å². The van der Waals surface area contributed by atoms with Crippen molar-refractivity contribution in [3.05, 3.63) is 36.0 Å². The zero-order chi connectivity index (χ0) is 32.5. The van der Waals surface area contributed by atoms with Crippen molar-refractivity contribution in [2.75, 3.05) is 0 Å². The molecule has 5 heteroatoms. The van der Waals surface area contributed by atoms with Gasteiger partial charge < -0.3 is 0 Å². The zero-order valence-electron chi connectivity index (χ0n) is 29.8. The van der Waals surface area contributed by atoms with E-state index in [2.05, 4.69) is 38.1 Å². The number of hydrogen-bond acceptors (Lipinski definition) is 4. The second-order valence-electron chi connectivity index (χ2n) is 14.2. The molecule has 47 heavy (non-hydrogen) atoms. The molecule has 0 atom stereocenters. The summed E-state index contributed by atoms with van der Waals surface area (Å²) in [6, 6.07) is 9.10. The fraction of sp³-hybridized carbons (Fsp3) is 0.667. The number of aromatic nitrogens is 2. The summed E-state index contributed by atoms with van der Waals surface area (Å²) >= 11 is -0.462. The molecule has 0 saturated carbocycles. The van der Waals surface area contributed by atoms with Crippen LogP contribution < -0.4 is 0 Å². The number of unbranched alkanes of at least 4 members (excludes halogenated alkanes) is 22. The van der Waals surface area contributed by atoms with Gasteiger partial charge in [-0.1, -0.05) is 90.9 Å². The summed E-state index contributed by atoms with van der Waals surface area (Å²) in [6.07, 6.45) is 34.8. The van der Waals surface area contributed by atoms with Gasteiger partial charge in [-0.3, -0.25) is 0 Å². The SMILES string of the molecule is CCCCCCCCCCCCCCc1nc2cc3[te]c4cc5nc(CCCCCCCCCCCCCC)oc5cc4c3cc2o1. The van der Waals surface area contributed by atoms with Crippen LogP contribution in [0.15, 0.2) is 33.1 Å². The third-order valence-electron chi connectivity index (χ3n) is 10.1. The van der Waals surface area contributed by atoms with Crippen molar-refractivity contribution in [3.8, 4) is 0 Å². The maximum absolute atomic E-state index is 6.28. The predicted molar refractivity (Wildman–Crippen MR) is 203 cm³/mol. The predicted octanol–water partition coefficient (Wildman–Crippen LogP) is 13.8. The second-order valence-corrected chi connectivity index (χ2v) is 17.3. The third kappa shape index (κ3) is 11.6. The van der Waals surface area contributed by atoms with Gasteiger partial charge in [-0.15, -0.1) is 0 Å². The molecule has 2 aromatic carbocycles. The van der Waals surface area contributed by atoms with Gasteiger partial charge in [-0.2, -0.15) is 0 Å². The Morgan fingerprint density at radius 2 is 0.745 bits per heavy atom. The number of benzene rings is 2. The second kappa shape index (κ2) is 20.6. The van der Waals surface area contributed by atoms with Crippen LogP contribution in [-0.2, 0) is 12.8 Å². The summed E-state index contributed by atoms with van der Waals surface area (Å²) in [6.45, 7) is 4.58. The molecule has 0 aliphatic heterocycles. The molecule has 3 heterocycles. The number of fused-ring (bicyclic) bond motifs is 5. The number of hydrogen-bond donors (Lipinski definition) is 0. The van der Waals surface area contributed by atoms with Crippen LogP contribution in [0.5, 0.6) is 0 Å². The van der Waals surface area contributed by atoms with E-state index in [0.717, 1.165) is 46.8 Å². The van der Waals surface area contributed by atoms with Gasteiger partial charge in [0.1, 0.15) is 0 Å². The first-order valence-corrected chi connectivity index (χ1v) is 22.1. The molecule has 0 spiro atoms. The number of nitrogens with zero attached hydrogens (tertiary/aromatic N) is 2. The van der Waals surface area contributed by atoms with Crippen molar-refractivity contribution in [2.45, 2.75) is 181 Å².